The molecule has 0 bridgehead atoms. The SMILES string of the molecule is NC(=O)c1nc2ccc(N3C(=O)c4ccccc4C3=O)cc2nc1N. The van der Waals surface area contributed by atoms with E-state index in [1.807, 2.05) is 0 Å². The largest absolute Gasteiger partial charge is 0.382 e. The Bertz CT molecular complexity index is 1060. The smallest absolute Gasteiger partial charge is 0.271 e. The lowest BCUT2D eigenvalue weighted by Gasteiger charge is -2.14. The van der Waals surface area contributed by atoms with Crippen LogP contribution in [0.2, 0.25) is 0 Å². The molecule has 4 rings (SSSR count). The van der Waals surface area contributed by atoms with Crippen LogP contribution in [-0.4, -0.2) is 27.7 Å². The van der Waals surface area contributed by atoms with Gasteiger partial charge in [-0.3, -0.25) is 14.4 Å². The van der Waals surface area contributed by atoms with Crippen LogP contribution in [0.25, 0.3) is 11.0 Å². The first-order valence-electron chi connectivity index (χ1n) is 7.32. The molecule has 8 nitrogen and oxygen atoms in total. The van der Waals surface area contributed by atoms with E-state index in [9.17, 15) is 14.4 Å². The molecule has 2 heterocycles. The summed E-state index contributed by atoms with van der Waals surface area (Å²) < 4.78 is 0. The van der Waals surface area contributed by atoms with Gasteiger partial charge in [0.05, 0.1) is 27.8 Å². The molecule has 0 fully saturated rings. The van der Waals surface area contributed by atoms with Crippen LogP contribution in [0, 0.1) is 0 Å². The van der Waals surface area contributed by atoms with Crippen molar-refractivity contribution in [1.82, 2.24) is 9.97 Å². The number of primary amides is 1. The molecule has 0 spiro atoms. The number of imide groups is 1. The monoisotopic (exact) mass is 333 g/mol. The third-order valence-corrected chi connectivity index (χ3v) is 3.96. The maximum Gasteiger partial charge on any atom is 0.271 e. The highest BCUT2D eigenvalue weighted by molar-refractivity contribution is 6.34. The van der Waals surface area contributed by atoms with Crippen LogP contribution in [0.1, 0.15) is 31.2 Å². The number of carbonyl (C=O) groups is 3. The van der Waals surface area contributed by atoms with Gasteiger partial charge in [0.1, 0.15) is 0 Å². The van der Waals surface area contributed by atoms with Crippen LogP contribution in [0.15, 0.2) is 42.5 Å². The van der Waals surface area contributed by atoms with E-state index in [2.05, 4.69) is 9.97 Å². The van der Waals surface area contributed by atoms with Gasteiger partial charge in [-0.25, -0.2) is 14.9 Å². The fourth-order valence-corrected chi connectivity index (χ4v) is 2.80. The summed E-state index contributed by atoms with van der Waals surface area (Å²) >= 11 is 0. The molecule has 4 N–H and O–H groups in total. The molecular weight excluding hydrogens is 322 g/mol. The van der Waals surface area contributed by atoms with E-state index in [1.54, 1.807) is 36.4 Å². The minimum Gasteiger partial charge on any atom is -0.382 e. The summed E-state index contributed by atoms with van der Waals surface area (Å²) in [6, 6.07) is 11.2. The number of rotatable bonds is 2. The topological polar surface area (TPSA) is 132 Å². The van der Waals surface area contributed by atoms with Crippen molar-refractivity contribution in [2.75, 3.05) is 10.6 Å². The van der Waals surface area contributed by atoms with Gasteiger partial charge in [0, 0.05) is 0 Å². The summed E-state index contributed by atoms with van der Waals surface area (Å²) in [7, 11) is 0. The Kier molecular flexibility index (Phi) is 3.01. The molecule has 0 unspecified atom stereocenters. The standard InChI is InChI=1S/C17H11N5O3/c18-14-13(15(19)23)20-11-6-5-8(7-12(11)21-14)22-16(24)9-3-1-2-4-10(9)17(22)25/h1-7H,(H2,18,21)(H2,19,23). The zero-order valence-corrected chi connectivity index (χ0v) is 12.8. The van der Waals surface area contributed by atoms with Crippen molar-refractivity contribution in [2.45, 2.75) is 0 Å². The normalized spacial score (nSPS) is 13.4. The Morgan fingerprint density at radius 1 is 0.920 bits per heavy atom. The van der Waals surface area contributed by atoms with Crippen molar-refractivity contribution in [3.05, 3.63) is 59.3 Å². The number of nitrogen functional groups attached to an aromatic ring is 1. The highest BCUT2D eigenvalue weighted by atomic mass is 16.2. The summed E-state index contributed by atoms with van der Waals surface area (Å²) in [4.78, 5) is 45.6. The number of nitrogens with zero attached hydrogens (tertiary/aromatic N) is 3. The van der Waals surface area contributed by atoms with Gasteiger partial charge in [-0.2, -0.15) is 0 Å². The number of aromatic nitrogens is 2. The summed E-state index contributed by atoms with van der Waals surface area (Å²) in [5.74, 6) is -1.71. The Morgan fingerprint density at radius 2 is 1.56 bits per heavy atom. The minimum atomic E-state index is -0.781. The fraction of sp³-hybridized carbons (Fsp3) is 0. The number of carbonyl (C=O) groups excluding carboxylic acids is 3. The molecule has 1 aliphatic heterocycles. The summed E-state index contributed by atoms with van der Waals surface area (Å²) in [5, 5.41) is 0. The zero-order chi connectivity index (χ0) is 17.7. The predicted molar refractivity (Wildman–Crippen MR) is 90.1 cm³/mol. The summed E-state index contributed by atoms with van der Waals surface area (Å²) in [5.41, 5.74) is 12.5. The zero-order valence-electron chi connectivity index (χ0n) is 12.8. The Morgan fingerprint density at radius 3 is 2.16 bits per heavy atom. The second-order valence-electron chi connectivity index (χ2n) is 5.49. The lowest BCUT2D eigenvalue weighted by atomic mass is 10.1. The van der Waals surface area contributed by atoms with E-state index in [0.717, 1.165) is 4.90 Å². The van der Waals surface area contributed by atoms with Crippen LogP contribution in [0.5, 0.6) is 0 Å². The molecule has 1 aliphatic rings. The molecule has 3 aromatic rings. The van der Waals surface area contributed by atoms with Gasteiger partial charge in [0.15, 0.2) is 11.5 Å². The van der Waals surface area contributed by atoms with Gasteiger partial charge in [-0.15, -0.1) is 0 Å². The molecule has 0 atom stereocenters. The van der Waals surface area contributed by atoms with E-state index in [1.165, 1.54) is 6.07 Å². The number of nitrogens with two attached hydrogens (primary N) is 2. The number of fused-ring (bicyclic) bond motifs is 2. The Labute approximate surface area is 141 Å². The Balaban J connectivity index is 1.83. The predicted octanol–water partition coefficient (Wildman–Crippen LogP) is 1.11. The molecule has 0 aliphatic carbocycles. The lowest BCUT2D eigenvalue weighted by molar-refractivity contribution is 0.0924. The second kappa shape index (κ2) is 5.10. The molecule has 8 heteroatoms. The number of benzene rings is 2. The van der Waals surface area contributed by atoms with Crippen molar-refractivity contribution in [3.63, 3.8) is 0 Å². The van der Waals surface area contributed by atoms with Crippen molar-refractivity contribution < 1.29 is 14.4 Å². The first kappa shape index (κ1) is 14.8. The molecular formula is C17H11N5O3. The second-order valence-corrected chi connectivity index (χ2v) is 5.49. The average molecular weight is 333 g/mol. The van der Waals surface area contributed by atoms with Crippen molar-refractivity contribution >= 4 is 40.3 Å². The van der Waals surface area contributed by atoms with E-state index < -0.39 is 17.7 Å². The highest BCUT2D eigenvalue weighted by Crippen LogP contribution is 2.30. The van der Waals surface area contributed by atoms with Gasteiger partial charge in [0.2, 0.25) is 0 Å². The maximum atomic E-state index is 12.5. The van der Waals surface area contributed by atoms with Crippen molar-refractivity contribution in [2.24, 2.45) is 5.73 Å². The van der Waals surface area contributed by atoms with Crippen LogP contribution in [0.3, 0.4) is 0 Å². The van der Waals surface area contributed by atoms with Gasteiger partial charge < -0.3 is 11.5 Å². The quantitative estimate of drug-likeness (QED) is 0.675. The average Bonchev–Trinajstić information content (AvgIpc) is 2.85. The molecule has 0 radical (unpaired) electrons. The van der Waals surface area contributed by atoms with E-state index in [4.69, 9.17) is 11.5 Å². The van der Waals surface area contributed by atoms with Crippen LogP contribution >= 0.6 is 0 Å². The molecule has 25 heavy (non-hydrogen) atoms. The number of anilines is 2. The van der Waals surface area contributed by atoms with E-state index >= 15 is 0 Å². The van der Waals surface area contributed by atoms with Gasteiger partial charge in [-0.1, -0.05) is 12.1 Å². The number of hydrogen-bond donors (Lipinski definition) is 2. The van der Waals surface area contributed by atoms with Crippen molar-refractivity contribution in [3.8, 4) is 0 Å². The number of hydrogen-bond acceptors (Lipinski definition) is 6. The molecule has 2 aromatic carbocycles. The first-order valence-corrected chi connectivity index (χ1v) is 7.32. The third-order valence-electron chi connectivity index (χ3n) is 3.96. The summed E-state index contributed by atoms with van der Waals surface area (Å²) in [6.45, 7) is 0. The lowest BCUT2D eigenvalue weighted by Crippen LogP contribution is -2.29. The third kappa shape index (κ3) is 2.12. The van der Waals surface area contributed by atoms with Gasteiger partial charge in [-0.05, 0) is 30.3 Å². The fourth-order valence-electron chi connectivity index (χ4n) is 2.80. The van der Waals surface area contributed by atoms with Crippen LogP contribution in [-0.2, 0) is 0 Å². The van der Waals surface area contributed by atoms with Gasteiger partial charge in [0.25, 0.3) is 17.7 Å². The van der Waals surface area contributed by atoms with Crippen LogP contribution in [0.4, 0.5) is 11.5 Å². The van der Waals surface area contributed by atoms with Crippen molar-refractivity contribution in [1.29, 1.82) is 0 Å². The molecule has 0 saturated carbocycles. The number of amides is 3. The molecule has 3 amide bonds. The molecule has 122 valence electrons. The van der Waals surface area contributed by atoms with Crippen LogP contribution < -0.4 is 16.4 Å². The molecule has 0 saturated heterocycles. The first-order chi connectivity index (χ1) is 12.0. The minimum absolute atomic E-state index is 0.112. The molecule has 1 aromatic heterocycles. The van der Waals surface area contributed by atoms with Gasteiger partial charge >= 0.3 is 0 Å². The van der Waals surface area contributed by atoms with E-state index in [-0.39, 0.29) is 11.5 Å². The summed E-state index contributed by atoms with van der Waals surface area (Å²) in [6.07, 6.45) is 0. The Hall–Kier alpha value is -3.81. The van der Waals surface area contributed by atoms with E-state index in [0.29, 0.717) is 27.8 Å². The maximum absolute atomic E-state index is 12.5. The highest BCUT2D eigenvalue weighted by Gasteiger charge is 2.36.